The Hall–Kier alpha value is -1.09. The van der Waals surface area contributed by atoms with Gasteiger partial charge in [0, 0.05) is 5.69 Å². The lowest BCUT2D eigenvalue weighted by Gasteiger charge is -2.49. The van der Waals surface area contributed by atoms with Crippen LogP contribution in [0, 0.1) is 11.7 Å². The quantitative estimate of drug-likeness (QED) is 0.852. The summed E-state index contributed by atoms with van der Waals surface area (Å²) in [7, 11) is 0. The van der Waals surface area contributed by atoms with Gasteiger partial charge in [0.05, 0.1) is 11.6 Å². The van der Waals surface area contributed by atoms with Crippen LogP contribution in [0.2, 0.25) is 0 Å². The number of benzene rings is 1. The van der Waals surface area contributed by atoms with Crippen molar-refractivity contribution < 1.29 is 9.50 Å². The predicted octanol–water partition coefficient (Wildman–Crippen LogP) is 3.71. The maximum atomic E-state index is 12.9. The van der Waals surface area contributed by atoms with Crippen LogP contribution in [0.3, 0.4) is 0 Å². The lowest BCUT2D eigenvalue weighted by atomic mass is 9.65. The van der Waals surface area contributed by atoms with Crippen molar-refractivity contribution in [2.75, 3.05) is 5.32 Å². The molecular formula is C16H22FNO. The van der Waals surface area contributed by atoms with Gasteiger partial charge in [0.1, 0.15) is 5.82 Å². The van der Waals surface area contributed by atoms with Crippen molar-refractivity contribution in [3.05, 3.63) is 30.1 Å². The molecule has 0 saturated heterocycles. The lowest BCUT2D eigenvalue weighted by molar-refractivity contribution is -0.0835. The minimum Gasteiger partial charge on any atom is -0.387 e. The number of nitrogens with one attached hydrogen (secondary N) is 1. The topological polar surface area (TPSA) is 32.3 Å². The molecule has 1 aromatic rings. The molecule has 0 heterocycles. The largest absolute Gasteiger partial charge is 0.387 e. The van der Waals surface area contributed by atoms with E-state index in [0.29, 0.717) is 5.92 Å². The first-order valence-electron chi connectivity index (χ1n) is 7.43. The van der Waals surface area contributed by atoms with E-state index in [-0.39, 0.29) is 11.9 Å². The number of fused-ring (bicyclic) bond motifs is 1. The normalized spacial score (nSPS) is 34.6. The molecule has 2 aliphatic rings. The Morgan fingerprint density at radius 2 is 1.79 bits per heavy atom. The van der Waals surface area contributed by atoms with Gasteiger partial charge in [0.15, 0.2) is 0 Å². The molecule has 2 nitrogen and oxygen atoms in total. The molecule has 0 radical (unpaired) electrons. The highest BCUT2D eigenvalue weighted by Crippen LogP contribution is 2.44. The molecule has 0 bridgehead atoms. The van der Waals surface area contributed by atoms with Gasteiger partial charge in [0.2, 0.25) is 0 Å². The number of aliphatic hydroxyl groups is 1. The fourth-order valence-electron chi connectivity index (χ4n) is 3.87. The molecule has 1 aromatic carbocycles. The highest BCUT2D eigenvalue weighted by molar-refractivity contribution is 5.44. The summed E-state index contributed by atoms with van der Waals surface area (Å²) in [6.45, 7) is 0. The molecule has 0 aromatic heterocycles. The van der Waals surface area contributed by atoms with Gasteiger partial charge in [-0.05, 0) is 55.9 Å². The second kappa shape index (κ2) is 5.12. The average molecular weight is 263 g/mol. The van der Waals surface area contributed by atoms with E-state index in [9.17, 15) is 9.50 Å². The summed E-state index contributed by atoms with van der Waals surface area (Å²) in [5, 5.41) is 14.5. The Labute approximate surface area is 114 Å². The summed E-state index contributed by atoms with van der Waals surface area (Å²) in [4.78, 5) is 0. The summed E-state index contributed by atoms with van der Waals surface area (Å²) < 4.78 is 12.9. The molecule has 19 heavy (non-hydrogen) atoms. The molecule has 0 amide bonds. The van der Waals surface area contributed by atoms with E-state index in [0.717, 1.165) is 37.8 Å². The first-order chi connectivity index (χ1) is 9.18. The zero-order valence-corrected chi connectivity index (χ0v) is 11.2. The Balaban J connectivity index is 1.77. The van der Waals surface area contributed by atoms with Gasteiger partial charge in [-0.15, -0.1) is 0 Å². The van der Waals surface area contributed by atoms with Gasteiger partial charge >= 0.3 is 0 Å². The van der Waals surface area contributed by atoms with E-state index >= 15 is 0 Å². The van der Waals surface area contributed by atoms with Crippen molar-refractivity contribution in [3.8, 4) is 0 Å². The summed E-state index contributed by atoms with van der Waals surface area (Å²) >= 11 is 0. The van der Waals surface area contributed by atoms with Gasteiger partial charge in [-0.3, -0.25) is 0 Å². The third-order valence-corrected chi connectivity index (χ3v) is 4.92. The monoisotopic (exact) mass is 263 g/mol. The molecule has 3 atom stereocenters. The average Bonchev–Trinajstić information content (AvgIpc) is 2.42. The summed E-state index contributed by atoms with van der Waals surface area (Å²) in [6.07, 6.45) is 7.74. The van der Waals surface area contributed by atoms with Gasteiger partial charge in [-0.1, -0.05) is 19.3 Å². The van der Waals surface area contributed by atoms with Crippen LogP contribution in [-0.2, 0) is 0 Å². The molecule has 2 saturated carbocycles. The van der Waals surface area contributed by atoms with Crippen molar-refractivity contribution in [1.82, 2.24) is 0 Å². The Bertz CT molecular complexity index is 431. The highest BCUT2D eigenvalue weighted by atomic mass is 19.1. The van der Waals surface area contributed by atoms with Crippen molar-refractivity contribution in [3.63, 3.8) is 0 Å². The Morgan fingerprint density at radius 3 is 2.58 bits per heavy atom. The van der Waals surface area contributed by atoms with E-state index in [1.165, 1.54) is 25.0 Å². The van der Waals surface area contributed by atoms with Gasteiger partial charge in [-0.25, -0.2) is 4.39 Å². The van der Waals surface area contributed by atoms with Crippen LogP contribution in [0.25, 0.3) is 0 Å². The van der Waals surface area contributed by atoms with Crippen LogP contribution in [-0.4, -0.2) is 16.7 Å². The first kappa shape index (κ1) is 12.9. The summed E-state index contributed by atoms with van der Waals surface area (Å²) in [5.41, 5.74) is 0.344. The first-order valence-corrected chi connectivity index (χ1v) is 7.43. The van der Waals surface area contributed by atoms with Crippen molar-refractivity contribution in [2.45, 2.75) is 56.6 Å². The van der Waals surface area contributed by atoms with Crippen molar-refractivity contribution in [2.24, 2.45) is 5.92 Å². The van der Waals surface area contributed by atoms with Crippen LogP contribution in [0.15, 0.2) is 24.3 Å². The fraction of sp³-hybridized carbons (Fsp3) is 0.625. The fourth-order valence-corrected chi connectivity index (χ4v) is 3.87. The van der Waals surface area contributed by atoms with Crippen molar-refractivity contribution in [1.29, 1.82) is 0 Å². The van der Waals surface area contributed by atoms with Crippen LogP contribution < -0.4 is 5.32 Å². The Morgan fingerprint density at radius 1 is 1.05 bits per heavy atom. The zero-order chi connectivity index (χ0) is 13.3. The van der Waals surface area contributed by atoms with Gasteiger partial charge in [0.25, 0.3) is 0 Å². The maximum Gasteiger partial charge on any atom is 0.123 e. The van der Waals surface area contributed by atoms with E-state index in [1.807, 2.05) is 0 Å². The van der Waals surface area contributed by atoms with Crippen LogP contribution >= 0.6 is 0 Å². The second-order valence-electron chi connectivity index (χ2n) is 6.07. The third-order valence-electron chi connectivity index (χ3n) is 4.92. The zero-order valence-electron chi connectivity index (χ0n) is 11.2. The number of anilines is 1. The van der Waals surface area contributed by atoms with Crippen LogP contribution in [0.1, 0.15) is 44.9 Å². The molecule has 0 aliphatic heterocycles. The standard InChI is InChI=1S/C16H22FNO/c17-13-7-9-14(10-8-13)18-15-6-3-5-12-4-1-2-11-16(12,15)19/h7-10,12,15,18-19H,1-6,11H2/t12-,15?,16-/m1/s1. The van der Waals surface area contributed by atoms with E-state index in [2.05, 4.69) is 5.32 Å². The number of hydrogen-bond donors (Lipinski definition) is 2. The number of rotatable bonds is 2. The smallest absolute Gasteiger partial charge is 0.123 e. The number of hydrogen-bond acceptors (Lipinski definition) is 2. The van der Waals surface area contributed by atoms with E-state index in [4.69, 9.17) is 0 Å². The van der Waals surface area contributed by atoms with Crippen molar-refractivity contribution >= 4 is 5.69 Å². The Kier molecular flexibility index (Phi) is 3.48. The second-order valence-corrected chi connectivity index (χ2v) is 6.07. The summed E-state index contributed by atoms with van der Waals surface area (Å²) in [5.74, 6) is 0.219. The minimum atomic E-state index is -0.565. The van der Waals surface area contributed by atoms with E-state index < -0.39 is 5.60 Å². The molecule has 3 heteroatoms. The third kappa shape index (κ3) is 2.48. The predicted molar refractivity (Wildman–Crippen MR) is 74.6 cm³/mol. The van der Waals surface area contributed by atoms with Crippen LogP contribution in [0.5, 0.6) is 0 Å². The van der Waals surface area contributed by atoms with Gasteiger partial charge < -0.3 is 10.4 Å². The highest BCUT2D eigenvalue weighted by Gasteiger charge is 2.47. The number of halogens is 1. The molecule has 2 fully saturated rings. The molecule has 0 spiro atoms. The summed E-state index contributed by atoms with van der Waals surface area (Å²) in [6, 6.07) is 6.55. The molecule has 1 unspecified atom stereocenters. The van der Waals surface area contributed by atoms with Crippen LogP contribution in [0.4, 0.5) is 10.1 Å². The lowest BCUT2D eigenvalue weighted by Crippen LogP contribution is -2.56. The minimum absolute atomic E-state index is 0.108. The molecule has 2 N–H and O–H groups in total. The molecule has 3 rings (SSSR count). The van der Waals surface area contributed by atoms with E-state index in [1.54, 1.807) is 12.1 Å². The molecular weight excluding hydrogens is 241 g/mol. The maximum absolute atomic E-state index is 12.9. The SMILES string of the molecule is O[C@]12CCCC[C@@H]1CCCC2Nc1ccc(F)cc1. The molecule has 2 aliphatic carbocycles. The molecule has 104 valence electrons. The van der Waals surface area contributed by atoms with Gasteiger partial charge in [-0.2, -0.15) is 0 Å².